The molecule has 116 valence electrons. The van der Waals surface area contributed by atoms with Gasteiger partial charge < -0.3 is 5.11 Å². The Balaban J connectivity index is 2.09. The Morgan fingerprint density at radius 2 is 1.61 bits per heavy atom. The maximum atomic E-state index is 12.7. The van der Waals surface area contributed by atoms with Crippen LogP contribution in [-0.4, -0.2) is 16.9 Å². The highest BCUT2D eigenvalue weighted by Gasteiger charge is 2.40. The number of hydrogen-bond acceptors (Lipinski definition) is 3. The van der Waals surface area contributed by atoms with Crippen LogP contribution in [0.3, 0.4) is 0 Å². The Morgan fingerprint density at radius 1 is 0.957 bits per heavy atom. The summed E-state index contributed by atoms with van der Waals surface area (Å²) < 4.78 is 0. The third kappa shape index (κ3) is 2.51. The number of rotatable bonds is 2. The summed E-state index contributed by atoms with van der Waals surface area (Å²) in [5, 5.41) is 10.7. The fraction of sp³-hybridized carbons (Fsp3) is 0.111. The van der Waals surface area contributed by atoms with E-state index in [2.05, 4.69) is 0 Å². The number of imide groups is 1. The molecule has 1 heterocycles. The molecule has 0 bridgehead atoms. The lowest BCUT2D eigenvalue weighted by Crippen LogP contribution is -2.32. The number of nitrogens with zero attached hydrogens (tertiary/aromatic N) is 1. The van der Waals surface area contributed by atoms with Gasteiger partial charge in [-0.1, -0.05) is 35.9 Å². The van der Waals surface area contributed by atoms with Crippen LogP contribution in [-0.2, 0) is 9.59 Å². The van der Waals surface area contributed by atoms with Crippen LogP contribution in [0.1, 0.15) is 16.7 Å². The Hall–Kier alpha value is -2.59. The van der Waals surface area contributed by atoms with E-state index in [1.807, 2.05) is 26.0 Å². The fourth-order valence-corrected chi connectivity index (χ4v) is 2.70. The molecule has 2 amide bonds. The Bertz CT molecular complexity index is 853. The zero-order chi connectivity index (χ0) is 16.7. The quantitative estimate of drug-likeness (QED) is 0.853. The zero-order valence-corrected chi connectivity index (χ0v) is 13.4. The molecular formula is C18H14ClNO3. The average Bonchev–Trinajstić information content (AvgIpc) is 2.73. The molecule has 4 nitrogen and oxygen atoms in total. The van der Waals surface area contributed by atoms with Gasteiger partial charge in [0.15, 0.2) is 5.76 Å². The highest BCUT2D eigenvalue weighted by atomic mass is 35.5. The van der Waals surface area contributed by atoms with Crippen LogP contribution in [0.25, 0.3) is 5.57 Å². The van der Waals surface area contributed by atoms with E-state index in [1.54, 1.807) is 30.3 Å². The standard InChI is InChI=1S/C18H14ClNO3/c1-10-3-4-11(2)14(9-10)20-17(22)15(16(21)18(20)23)12-5-7-13(19)8-6-12/h3-9,21H,1-2H3. The van der Waals surface area contributed by atoms with Crippen molar-refractivity contribution in [1.82, 2.24) is 0 Å². The van der Waals surface area contributed by atoms with Gasteiger partial charge in [-0.05, 0) is 48.7 Å². The van der Waals surface area contributed by atoms with E-state index in [9.17, 15) is 14.7 Å². The molecule has 0 fully saturated rings. The van der Waals surface area contributed by atoms with Gasteiger partial charge in [-0.2, -0.15) is 0 Å². The van der Waals surface area contributed by atoms with Gasteiger partial charge in [0.1, 0.15) is 0 Å². The number of aliphatic hydroxyl groups is 1. The van der Waals surface area contributed by atoms with Crippen LogP contribution in [0.15, 0.2) is 48.2 Å². The van der Waals surface area contributed by atoms with E-state index in [1.165, 1.54) is 0 Å². The molecule has 0 spiro atoms. The van der Waals surface area contributed by atoms with Gasteiger partial charge in [0.25, 0.3) is 5.91 Å². The first kappa shape index (κ1) is 15.3. The topological polar surface area (TPSA) is 57.6 Å². The molecule has 1 aliphatic rings. The van der Waals surface area contributed by atoms with Crippen molar-refractivity contribution in [2.45, 2.75) is 13.8 Å². The lowest BCUT2D eigenvalue weighted by Gasteiger charge is -2.17. The van der Waals surface area contributed by atoms with Crippen molar-refractivity contribution in [3.05, 3.63) is 69.9 Å². The zero-order valence-electron chi connectivity index (χ0n) is 12.6. The normalized spacial score (nSPS) is 14.8. The molecule has 0 saturated heterocycles. The van der Waals surface area contributed by atoms with Gasteiger partial charge in [0.05, 0.1) is 11.3 Å². The number of aryl methyl sites for hydroxylation is 2. The number of carbonyl (C=O) groups is 2. The fourth-order valence-electron chi connectivity index (χ4n) is 2.57. The van der Waals surface area contributed by atoms with Crippen molar-refractivity contribution in [1.29, 1.82) is 0 Å². The van der Waals surface area contributed by atoms with E-state index in [0.29, 0.717) is 16.3 Å². The molecule has 0 radical (unpaired) electrons. The minimum Gasteiger partial charge on any atom is -0.502 e. The second kappa shape index (κ2) is 5.56. The molecule has 23 heavy (non-hydrogen) atoms. The van der Waals surface area contributed by atoms with E-state index in [4.69, 9.17) is 11.6 Å². The van der Waals surface area contributed by atoms with E-state index < -0.39 is 17.6 Å². The van der Waals surface area contributed by atoms with E-state index in [-0.39, 0.29) is 5.57 Å². The molecule has 0 saturated carbocycles. The molecule has 0 aromatic heterocycles. The molecule has 2 aromatic rings. The first-order valence-corrected chi connectivity index (χ1v) is 7.43. The van der Waals surface area contributed by atoms with Crippen LogP contribution in [0.2, 0.25) is 5.02 Å². The molecule has 0 atom stereocenters. The summed E-state index contributed by atoms with van der Waals surface area (Å²) in [6, 6.07) is 11.9. The van der Waals surface area contributed by atoms with Crippen LogP contribution < -0.4 is 4.90 Å². The number of hydrogen-bond donors (Lipinski definition) is 1. The smallest absolute Gasteiger partial charge is 0.301 e. The largest absolute Gasteiger partial charge is 0.502 e. The predicted molar refractivity (Wildman–Crippen MR) is 89.4 cm³/mol. The van der Waals surface area contributed by atoms with Crippen LogP contribution in [0.4, 0.5) is 5.69 Å². The minimum absolute atomic E-state index is 0.00688. The number of amides is 2. The minimum atomic E-state index is -0.714. The summed E-state index contributed by atoms with van der Waals surface area (Å²) in [5.41, 5.74) is 2.63. The molecule has 0 aliphatic carbocycles. The van der Waals surface area contributed by atoms with Gasteiger partial charge in [0, 0.05) is 5.02 Å². The summed E-state index contributed by atoms with van der Waals surface area (Å²) >= 11 is 5.84. The van der Waals surface area contributed by atoms with Crippen molar-refractivity contribution in [2.24, 2.45) is 0 Å². The van der Waals surface area contributed by atoms with Gasteiger partial charge in [-0.15, -0.1) is 0 Å². The van der Waals surface area contributed by atoms with Crippen molar-refractivity contribution in [3.8, 4) is 0 Å². The molecule has 1 aliphatic heterocycles. The number of aliphatic hydroxyl groups excluding tert-OH is 1. The van der Waals surface area contributed by atoms with Crippen molar-refractivity contribution < 1.29 is 14.7 Å². The van der Waals surface area contributed by atoms with E-state index >= 15 is 0 Å². The van der Waals surface area contributed by atoms with E-state index in [0.717, 1.165) is 16.0 Å². The summed E-state index contributed by atoms with van der Waals surface area (Å²) in [5.74, 6) is -1.80. The lowest BCUT2D eigenvalue weighted by molar-refractivity contribution is -0.121. The lowest BCUT2D eigenvalue weighted by atomic mass is 10.1. The number of benzene rings is 2. The Labute approximate surface area is 138 Å². The average molecular weight is 328 g/mol. The van der Waals surface area contributed by atoms with Crippen molar-refractivity contribution in [2.75, 3.05) is 4.90 Å². The summed E-state index contributed by atoms with van der Waals surface area (Å²) in [6.07, 6.45) is 0. The third-order valence-corrected chi connectivity index (χ3v) is 4.05. The SMILES string of the molecule is Cc1ccc(C)c(N2C(=O)C(O)=C(c3ccc(Cl)cc3)C2=O)c1. The van der Waals surface area contributed by atoms with Crippen LogP contribution in [0.5, 0.6) is 0 Å². The highest BCUT2D eigenvalue weighted by Crippen LogP contribution is 2.34. The molecular weight excluding hydrogens is 314 g/mol. The van der Waals surface area contributed by atoms with Crippen molar-refractivity contribution >= 4 is 34.7 Å². The summed E-state index contributed by atoms with van der Waals surface area (Å²) in [7, 11) is 0. The number of anilines is 1. The van der Waals surface area contributed by atoms with Gasteiger partial charge >= 0.3 is 5.91 Å². The predicted octanol–water partition coefficient (Wildman–Crippen LogP) is 3.80. The third-order valence-electron chi connectivity index (χ3n) is 3.80. The maximum Gasteiger partial charge on any atom is 0.301 e. The summed E-state index contributed by atoms with van der Waals surface area (Å²) in [6.45, 7) is 3.69. The molecule has 1 N–H and O–H groups in total. The first-order valence-electron chi connectivity index (χ1n) is 7.05. The Kier molecular flexibility index (Phi) is 3.70. The highest BCUT2D eigenvalue weighted by molar-refractivity contribution is 6.45. The second-order valence-corrected chi connectivity index (χ2v) is 5.90. The summed E-state index contributed by atoms with van der Waals surface area (Å²) in [4.78, 5) is 26.1. The van der Waals surface area contributed by atoms with Crippen molar-refractivity contribution in [3.63, 3.8) is 0 Å². The molecule has 2 aromatic carbocycles. The maximum absolute atomic E-state index is 12.7. The number of carbonyl (C=O) groups excluding carboxylic acids is 2. The first-order chi connectivity index (χ1) is 10.9. The Morgan fingerprint density at radius 3 is 2.26 bits per heavy atom. The van der Waals surface area contributed by atoms with Crippen LogP contribution in [0, 0.1) is 13.8 Å². The van der Waals surface area contributed by atoms with Gasteiger partial charge in [0.2, 0.25) is 0 Å². The second-order valence-electron chi connectivity index (χ2n) is 5.47. The molecule has 5 heteroatoms. The molecule has 0 unspecified atom stereocenters. The van der Waals surface area contributed by atoms with Gasteiger partial charge in [-0.25, -0.2) is 4.90 Å². The van der Waals surface area contributed by atoms with Gasteiger partial charge in [-0.3, -0.25) is 9.59 Å². The molecule has 3 rings (SSSR count). The monoisotopic (exact) mass is 327 g/mol. The number of halogens is 1. The van der Waals surface area contributed by atoms with Crippen LogP contribution >= 0.6 is 11.6 Å².